The number of nitrogens with one attached hydrogen (secondary N) is 1. The van der Waals surface area contributed by atoms with Gasteiger partial charge in [-0.2, -0.15) is 0 Å². The summed E-state index contributed by atoms with van der Waals surface area (Å²) in [5.41, 5.74) is 5.82. The highest BCUT2D eigenvalue weighted by molar-refractivity contribution is 5.83. The normalized spacial score (nSPS) is 11.5. The summed E-state index contributed by atoms with van der Waals surface area (Å²) < 4.78 is 0. The van der Waals surface area contributed by atoms with Gasteiger partial charge in [-0.1, -0.05) is 99.7 Å². The number of aromatic hydroxyl groups is 3. The first-order chi connectivity index (χ1) is 20.9. The van der Waals surface area contributed by atoms with Crippen molar-refractivity contribution in [3.05, 3.63) is 137 Å². The van der Waals surface area contributed by atoms with E-state index in [1.165, 1.54) is 17.2 Å². The van der Waals surface area contributed by atoms with Crippen molar-refractivity contribution in [2.45, 2.75) is 53.4 Å². The van der Waals surface area contributed by atoms with Crippen LogP contribution in [0.4, 0.5) is 0 Å². The molecule has 0 saturated carbocycles. The van der Waals surface area contributed by atoms with E-state index in [9.17, 15) is 20.1 Å². The summed E-state index contributed by atoms with van der Waals surface area (Å²) in [6.07, 6.45) is 8.69. The molecule has 0 aliphatic heterocycles. The average Bonchev–Trinajstić information content (AvgIpc) is 3.00. The van der Waals surface area contributed by atoms with Gasteiger partial charge >= 0.3 is 0 Å². The van der Waals surface area contributed by atoms with Crippen molar-refractivity contribution in [1.29, 1.82) is 0 Å². The quantitative estimate of drug-likeness (QED) is 0.0365. The average molecular weight is 598 g/mol. The van der Waals surface area contributed by atoms with Crippen molar-refractivity contribution < 1.29 is 30.3 Å². The number of phenolic OH excluding ortho intramolecular Hbond substituents is 3. The van der Waals surface area contributed by atoms with Crippen molar-refractivity contribution >= 4 is 17.2 Å². The Morgan fingerprint density at radius 1 is 0.841 bits per heavy atom. The molecule has 1 amide bonds. The monoisotopic (exact) mass is 597 g/mol. The van der Waals surface area contributed by atoms with Crippen LogP contribution >= 0.6 is 0 Å². The van der Waals surface area contributed by atoms with Gasteiger partial charge in [0, 0.05) is 23.8 Å². The van der Waals surface area contributed by atoms with E-state index in [1.807, 2.05) is 43.3 Å². The number of benzene rings is 4. The maximum absolute atomic E-state index is 10.0. The second kappa shape index (κ2) is 17.2. The summed E-state index contributed by atoms with van der Waals surface area (Å²) in [6, 6.07) is 24.4. The van der Waals surface area contributed by atoms with Crippen molar-refractivity contribution in [1.82, 2.24) is 5.32 Å². The Hall–Kier alpha value is -5.01. The summed E-state index contributed by atoms with van der Waals surface area (Å²) >= 11 is 0. The zero-order valence-corrected chi connectivity index (χ0v) is 26.2. The summed E-state index contributed by atoms with van der Waals surface area (Å²) in [5.74, 6) is -0.980. The molecule has 0 atom stereocenters. The van der Waals surface area contributed by atoms with Crippen molar-refractivity contribution in [2.75, 3.05) is 0 Å². The molecule has 4 rings (SSSR count). The van der Waals surface area contributed by atoms with Gasteiger partial charge in [-0.15, -0.1) is 0 Å². The molecule has 7 nitrogen and oxygen atoms in total. The molecule has 232 valence electrons. The summed E-state index contributed by atoms with van der Waals surface area (Å²) in [6.45, 7) is 12.4. The number of allylic oxidation sites excluding steroid dienone is 4. The molecule has 0 fully saturated rings. The molecule has 0 aliphatic carbocycles. The number of hydrogen-bond donors (Lipinski definition) is 5. The summed E-state index contributed by atoms with van der Waals surface area (Å²) in [5, 5.41) is 42.0. The molecule has 0 unspecified atom stereocenters. The van der Waals surface area contributed by atoms with E-state index in [0.29, 0.717) is 29.7 Å². The van der Waals surface area contributed by atoms with Gasteiger partial charge in [-0.3, -0.25) is 4.79 Å². The Kier molecular flexibility index (Phi) is 13.7. The molecule has 0 saturated heterocycles. The molecule has 4 aromatic carbocycles. The highest BCUT2D eigenvalue weighted by atomic mass is 17.1. The van der Waals surface area contributed by atoms with E-state index < -0.39 is 5.75 Å². The van der Waals surface area contributed by atoms with Crippen molar-refractivity contribution in [2.24, 2.45) is 0 Å². The molecule has 44 heavy (non-hydrogen) atoms. The predicted octanol–water partition coefficient (Wildman–Crippen LogP) is 8.34. The van der Waals surface area contributed by atoms with Gasteiger partial charge in [-0.25, -0.2) is 5.26 Å². The SMILES string of the molecule is C/C=C/C=C(\C=C/OO)NC=O.Cc1cc(Cc2ccc3ccccc3c2)c(O)c(O)c1O.Cc1ccccc1C(C)(C)C. The van der Waals surface area contributed by atoms with E-state index >= 15 is 0 Å². The second-order valence-electron chi connectivity index (χ2n) is 11.1. The van der Waals surface area contributed by atoms with Gasteiger partial charge in [0.05, 0.1) is 0 Å². The first kappa shape index (κ1) is 35.2. The zero-order chi connectivity index (χ0) is 32.7. The fourth-order valence-electron chi connectivity index (χ4n) is 4.49. The van der Waals surface area contributed by atoms with Crippen LogP contribution in [-0.2, 0) is 21.5 Å². The van der Waals surface area contributed by atoms with Crippen LogP contribution in [0.25, 0.3) is 10.8 Å². The van der Waals surface area contributed by atoms with Gasteiger partial charge in [0.25, 0.3) is 0 Å². The molecule has 0 spiro atoms. The van der Waals surface area contributed by atoms with Crippen LogP contribution in [0.3, 0.4) is 0 Å². The van der Waals surface area contributed by atoms with Crippen molar-refractivity contribution in [3.63, 3.8) is 0 Å². The van der Waals surface area contributed by atoms with Gasteiger partial charge in [0.2, 0.25) is 12.2 Å². The highest BCUT2D eigenvalue weighted by Gasteiger charge is 2.15. The number of carbonyl (C=O) groups is 1. The largest absolute Gasteiger partial charge is 0.504 e. The molecule has 0 bridgehead atoms. The number of phenols is 3. The minimum atomic E-state index is -0.453. The minimum absolute atomic E-state index is 0.258. The lowest BCUT2D eigenvalue weighted by Gasteiger charge is -2.21. The van der Waals surface area contributed by atoms with Crippen LogP contribution in [0.2, 0.25) is 0 Å². The lowest BCUT2D eigenvalue weighted by Crippen LogP contribution is -2.12. The fourth-order valence-corrected chi connectivity index (χ4v) is 4.49. The van der Waals surface area contributed by atoms with Crippen LogP contribution in [0.15, 0.2) is 109 Å². The highest BCUT2D eigenvalue weighted by Crippen LogP contribution is 2.40. The van der Waals surface area contributed by atoms with E-state index in [4.69, 9.17) is 5.26 Å². The first-order valence-corrected chi connectivity index (χ1v) is 14.2. The number of carbonyl (C=O) groups excluding carboxylic acids is 1. The Morgan fingerprint density at radius 2 is 1.50 bits per heavy atom. The number of fused-ring (bicyclic) bond motifs is 1. The van der Waals surface area contributed by atoms with Crippen LogP contribution < -0.4 is 5.32 Å². The van der Waals surface area contributed by atoms with Gasteiger partial charge in [0.15, 0.2) is 11.5 Å². The standard InChI is InChI=1S/C18H16O3.C11H16.C8H11NO3/c1-11-8-15(17(20)18(21)16(11)19)10-12-6-7-13-4-2-3-5-14(13)9-12;1-9-7-5-6-8-10(9)11(2,3)4;1-2-3-4-8(9-7-10)5-6-12-11/h2-9,19-21H,10H2,1H3;5-8H,1-4H3;2-7,11H,1H3,(H,9,10)/b;;3-2+,6-5-,8-4+. The van der Waals surface area contributed by atoms with E-state index in [0.717, 1.165) is 22.6 Å². The third-order valence-electron chi connectivity index (χ3n) is 6.68. The number of aryl methyl sites for hydroxylation is 2. The second-order valence-corrected chi connectivity index (χ2v) is 11.1. The minimum Gasteiger partial charge on any atom is -0.504 e. The van der Waals surface area contributed by atoms with E-state index in [2.05, 4.69) is 68.2 Å². The van der Waals surface area contributed by atoms with Gasteiger partial charge < -0.3 is 25.5 Å². The lowest BCUT2D eigenvalue weighted by atomic mass is 9.84. The smallest absolute Gasteiger partial charge is 0.211 e. The third kappa shape index (κ3) is 10.7. The fraction of sp³-hybridized carbons (Fsp3) is 0.216. The molecule has 5 N–H and O–H groups in total. The van der Waals surface area contributed by atoms with Gasteiger partial charge in [-0.05, 0) is 71.4 Å². The molecule has 4 aromatic rings. The van der Waals surface area contributed by atoms with Crippen LogP contribution in [-0.4, -0.2) is 27.0 Å². The molecule has 0 heterocycles. The molecule has 0 aliphatic rings. The maximum Gasteiger partial charge on any atom is 0.211 e. The molecular formula is C37H43NO6. The third-order valence-corrected chi connectivity index (χ3v) is 6.68. The molecule has 0 aromatic heterocycles. The molecule has 7 heteroatoms. The lowest BCUT2D eigenvalue weighted by molar-refractivity contribution is -0.186. The first-order valence-electron chi connectivity index (χ1n) is 14.2. The Bertz CT molecular complexity index is 1610. The van der Waals surface area contributed by atoms with Crippen LogP contribution in [0.1, 0.15) is 55.5 Å². The van der Waals surface area contributed by atoms with E-state index in [-0.39, 0.29) is 16.9 Å². The van der Waals surface area contributed by atoms with Crippen LogP contribution in [0, 0.1) is 13.8 Å². The molecule has 0 radical (unpaired) electrons. The topological polar surface area (TPSA) is 119 Å². The molecular weight excluding hydrogens is 554 g/mol. The Labute approximate surface area is 260 Å². The number of amides is 1. The van der Waals surface area contributed by atoms with Crippen LogP contribution in [0.5, 0.6) is 17.2 Å². The summed E-state index contributed by atoms with van der Waals surface area (Å²) in [7, 11) is 0. The number of rotatable bonds is 7. The van der Waals surface area contributed by atoms with Gasteiger partial charge in [0.1, 0.15) is 6.26 Å². The maximum atomic E-state index is 10.0. The van der Waals surface area contributed by atoms with E-state index in [1.54, 1.807) is 31.2 Å². The Morgan fingerprint density at radius 3 is 2.09 bits per heavy atom. The Balaban J connectivity index is 0.000000252. The van der Waals surface area contributed by atoms with Crippen molar-refractivity contribution in [3.8, 4) is 17.2 Å². The predicted molar refractivity (Wildman–Crippen MR) is 178 cm³/mol. The zero-order valence-electron chi connectivity index (χ0n) is 26.2. The summed E-state index contributed by atoms with van der Waals surface area (Å²) in [4.78, 5) is 13.7. The number of hydrogen-bond acceptors (Lipinski definition) is 6.